The molecular formula is C14H21N3O2. The SMILES string of the molecule is Cc1ccnc(OC2CCCC(C)C2)c1/C(N)=N/O. The summed E-state index contributed by atoms with van der Waals surface area (Å²) in [5.41, 5.74) is 7.19. The highest BCUT2D eigenvalue weighted by molar-refractivity contribution is 6.00. The zero-order valence-electron chi connectivity index (χ0n) is 11.5. The Bertz CT molecular complexity index is 474. The molecule has 0 saturated heterocycles. The number of hydrogen-bond acceptors (Lipinski definition) is 4. The molecule has 1 heterocycles. The zero-order valence-corrected chi connectivity index (χ0v) is 11.5. The fraction of sp³-hybridized carbons (Fsp3) is 0.571. The number of rotatable bonds is 3. The van der Waals surface area contributed by atoms with Gasteiger partial charge in [-0.05, 0) is 43.7 Å². The van der Waals surface area contributed by atoms with Crippen LogP contribution >= 0.6 is 0 Å². The van der Waals surface area contributed by atoms with Gasteiger partial charge in [0.25, 0.3) is 0 Å². The van der Waals surface area contributed by atoms with Crippen LogP contribution in [0.15, 0.2) is 17.4 Å². The van der Waals surface area contributed by atoms with Gasteiger partial charge in [-0.3, -0.25) is 0 Å². The van der Waals surface area contributed by atoms with Gasteiger partial charge < -0.3 is 15.7 Å². The molecule has 0 aromatic carbocycles. The standard InChI is InChI=1S/C14H21N3O2/c1-9-4-3-5-11(8-9)19-14-12(13(15)17-18)10(2)6-7-16-14/h6-7,9,11,18H,3-5,8H2,1-2H3,(H2,15,17). The highest BCUT2D eigenvalue weighted by Gasteiger charge is 2.23. The first-order chi connectivity index (χ1) is 9.11. The van der Waals surface area contributed by atoms with E-state index in [0.717, 1.165) is 18.4 Å². The normalized spacial score (nSPS) is 24.2. The monoisotopic (exact) mass is 263 g/mol. The van der Waals surface area contributed by atoms with Crippen LogP contribution in [0.1, 0.15) is 43.7 Å². The molecule has 2 rings (SSSR count). The first-order valence-electron chi connectivity index (χ1n) is 6.72. The van der Waals surface area contributed by atoms with Crippen LogP contribution in [0.25, 0.3) is 0 Å². The highest BCUT2D eigenvalue weighted by Crippen LogP contribution is 2.28. The minimum atomic E-state index is 0.0458. The maximum Gasteiger partial charge on any atom is 0.225 e. The van der Waals surface area contributed by atoms with E-state index in [1.54, 1.807) is 6.20 Å². The summed E-state index contributed by atoms with van der Waals surface area (Å²) in [6.07, 6.45) is 6.36. The van der Waals surface area contributed by atoms with Crippen molar-refractivity contribution in [1.29, 1.82) is 0 Å². The smallest absolute Gasteiger partial charge is 0.225 e. The summed E-state index contributed by atoms with van der Waals surface area (Å²) in [5.74, 6) is 1.19. The molecular weight excluding hydrogens is 242 g/mol. The number of aryl methyl sites for hydroxylation is 1. The third-order valence-electron chi connectivity index (χ3n) is 3.65. The van der Waals surface area contributed by atoms with E-state index in [4.69, 9.17) is 15.7 Å². The second-order valence-electron chi connectivity index (χ2n) is 5.30. The van der Waals surface area contributed by atoms with E-state index in [0.29, 0.717) is 17.4 Å². The third kappa shape index (κ3) is 3.16. The predicted molar refractivity (Wildman–Crippen MR) is 73.5 cm³/mol. The molecule has 1 aliphatic carbocycles. The van der Waals surface area contributed by atoms with Gasteiger partial charge in [-0.1, -0.05) is 18.5 Å². The summed E-state index contributed by atoms with van der Waals surface area (Å²) >= 11 is 0. The molecule has 1 aliphatic rings. The maximum atomic E-state index is 8.86. The van der Waals surface area contributed by atoms with Crippen molar-refractivity contribution in [1.82, 2.24) is 4.98 Å². The van der Waals surface area contributed by atoms with Crippen LogP contribution in [0.2, 0.25) is 0 Å². The molecule has 3 N–H and O–H groups in total. The summed E-state index contributed by atoms with van der Waals surface area (Å²) in [4.78, 5) is 4.23. The van der Waals surface area contributed by atoms with Crippen molar-refractivity contribution in [3.8, 4) is 5.88 Å². The molecule has 104 valence electrons. The molecule has 1 fully saturated rings. The Morgan fingerprint density at radius 1 is 1.53 bits per heavy atom. The molecule has 2 unspecified atom stereocenters. The van der Waals surface area contributed by atoms with Crippen molar-refractivity contribution in [2.75, 3.05) is 0 Å². The molecule has 5 heteroatoms. The fourth-order valence-corrected chi connectivity index (χ4v) is 2.63. The van der Waals surface area contributed by atoms with E-state index < -0.39 is 0 Å². The van der Waals surface area contributed by atoms with Crippen LogP contribution in [0.5, 0.6) is 5.88 Å². The lowest BCUT2D eigenvalue weighted by Gasteiger charge is -2.27. The Balaban J connectivity index is 2.22. The van der Waals surface area contributed by atoms with Gasteiger partial charge in [0.2, 0.25) is 5.88 Å². The van der Waals surface area contributed by atoms with Crippen LogP contribution in [-0.4, -0.2) is 22.1 Å². The molecule has 0 spiro atoms. The number of ether oxygens (including phenoxy) is 1. The van der Waals surface area contributed by atoms with Crippen LogP contribution in [0.4, 0.5) is 0 Å². The molecule has 0 radical (unpaired) electrons. The summed E-state index contributed by atoms with van der Waals surface area (Å²) in [5, 5.41) is 11.9. The molecule has 0 bridgehead atoms. The van der Waals surface area contributed by atoms with Crippen molar-refractivity contribution in [3.05, 3.63) is 23.4 Å². The Labute approximate surface area is 113 Å². The predicted octanol–water partition coefficient (Wildman–Crippen LogP) is 2.44. The van der Waals surface area contributed by atoms with Crippen LogP contribution in [0, 0.1) is 12.8 Å². The summed E-state index contributed by atoms with van der Waals surface area (Å²) < 4.78 is 5.98. The Kier molecular flexibility index (Phi) is 4.24. The molecule has 1 saturated carbocycles. The molecule has 0 aliphatic heterocycles. The minimum Gasteiger partial charge on any atom is -0.474 e. The van der Waals surface area contributed by atoms with E-state index >= 15 is 0 Å². The largest absolute Gasteiger partial charge is 0.474 e. The molecule has 1 aromatic heterocycles. The topological polar surface area (TPSA) is 80.7 Å². The molecule has 5 nitrogen and oxygen atoms in total. The molecule has 1 aromatic rings. The second kappa shape index (κ2) is 5.91. The molecule has 0 amide bonds. The molecule has 2 atom stereocenters. The van der Waals surface area contributed by atoms with Crippen LogP contribution < -0.4 is 10.5 Å². The van der Waals surface area contributed by atoms with E-state index in [1.165, 1.54) is 12.8 Å². The maximum absolute atomic E-state index is 8.86. The molecule has 19 heavy (non-hydrogen) atoms. The van der Waals surface area contributed by atoms with Crippen molar-refractivity contribution in [3.63, 3.8) is 0 Å². The summed E-state index contributed by atoms with van der Waals surface area (Å²) in [7, 11) is 0. The lowest BCUT2D eigenvalue weighted by molar-refractivity contribution is 0.123. The lowest BCUT2D eigenvalue weighted by atomic mass is 9.89. The van der Waals surface area contributed by atoms with E-state index in [2.05, 4.69) is 17.1 Å². The number of pyridine rings is 1. The van der Waals surface area contributed by atoms with Gasteiger partial charge in [0.15, 0.2) is 5.84 Å². The van der Waals surface area contributed by atoms with Crippen molar-refractivity contribution < 1.29 is 9.94 Å². The average molecular weight is 263 g/mol. The van der Waals surface area contributed by atoms with Gasteiger partial charge in [-0.25, -0.2) is 4.98 Å². The number of amidine groups is 1. The Morgan fingerprint density at radius 2 is 2.32 bits per heavy atom. The van der Waals surface area contributed by atoms with Gasteiger partial charge in [0.1, 0.15) is 6.10 Å². The first-order valence-corrected chi connectivity index (χ1v) is 6.72. The van der Waals surface area contributed by atoms with E-state index in [-0.39, 0.29) is 11.9 Å². The van der Waals surface area contributed by atoms with Crippen molar-refractivity contribution in [2.45, 2.75) is 45.6 Å². The fourth-order valence-electron chi connectivity index (χ4n) is 2.63. The lowest BCUT2D eigenvalue weighted by Crippen LogP contribution is -2.26. The van der Waals surface area contributed by atoms with Gasteiger partial charge in [-0.2, -0.15) is 0 Å². The van der Waals surface area contributed by atoms with Crippen molar-refractivity contribution >= 4 is 5.84 Å². The van der Waals surface area contributed by atoms with Crippen LogP contribution in [-0.2, 0) is 0 Å². The number of hydrogen-bond donors (Lipinski definition) is 2. The zero-order chi connectivity index (χ0) is 13.8. The van der Waals surface area contributed by atoms with Gasteiger partial charge in [0.05, 0.1) is 5.56 Å². The third-order valence-corrected chi connectivity index (χ3v) is 3.65. The number of aromatic nitrogens is 1. The van der Waals surface area contributed by atoms with Crippen molar-refractivity contribution in [2.24, 2.45) is 16.8 Å². The average Bonchev–Trinajstić information content (AvgIpc) is 2.38. The number of nitrogens with two attached hydrogens (primary N) is 1. The number of oxime groups is 1. The minimum absolute atomic E-state index is 0.0458. The quantitative estimate of drug-likeness (QED) is 0.380. The number of nitrogens with zero attached hydrogens (tertiary/aromatic N) is 2. The first kappa shape index (κ1) is 13.6. The highest BCUT2D eigenvalue weighted by atomic mass is 16.5. The van der Waals surface area contributed by atoms with Gasteiger partial charge in [-0.15, -0.1) is 0 Å². The van der Waals surface area contributed by atoms with Gasteiger partial charge in [0, 0.05) is 6.20 Å². The van der Waals surface area contributed by atoms with E-state index in [9.17, 15) is 0 Å². The Hall–Kier alpha value is -1.78. The summed E-state index contributed by atoms with van der Waals surface area (Å²) in [6.45, 7) is 4.13. The van der Waals surface area contributed by atoms with Gasteiger partial charge >= 0.3 is 0 Å². The summed E-state index contributed by atoms with van der Waals surface area (Å²) in [6, 6.07) is 1.82. The second-order valence-corrected chi connectivity index (χ2v) is 5.30. The Morgan fingerprint density at radius 3 is 3.00 bits per heavy atom. The van der Waals surface area contributed by atoms with Crippen LogP contribution in [0.3, 0.4) is 0 Å². The van der Waals surface area contributed by atoms with E-state index in [1.807, 2.05) is 13.0 Å².